The lowest BCUT2D eigenvalue weighted by Crippen LogP contribution is -1.99. The highest BCUT2D eigenvalue weighted by Gasteiger charge is 2.18. The fraction of sp³-hybridized carbons (Fsp3) is 0.240. The van der Waals surface area contributed by atoms with Crippen molar-refractivity contribution in [3.8, 4) is 28.7 Å². The molecule has 6 nitrogen and oxygen atoms in total. The van der Waals surface area contributed by atoms with E-state index in [1.165, 1.54) is 6.08 Å². The quantitative estimate of drug-likeness (QED) is 0.165. The number of hydrogen-bond donors (Lipinski definition) is 5. The van der Waals surface area contributed by atoms with Crippen molar-refractivity contribution in [2.75, 3.05) is 0 Å². The smallest absolute Gasteiger partial charge is 0.193 e. The van der Waals surface area contributed by atoms with Crippen LogP contribution in [0.4, 0.5) is 0 Å². The fourth-order valence-electron chi connectivity index (χ4n) is 3.16. The van der Waals surface area contributed by atoms with Crippen LogP contribution in [0.5, 0.6) is 28.7 Å². The van der Waals surface area contributed by atoms with Crippen LogP contribution in [-0.4, -0.2) is 31.3 Å². The van der Waals surface area contributed by atoms with E-state index in [-0.39, 0.29) is 22.8 Å². The number of hydrogen-bond acceptors (Lipinski definition) is 6. The van der Waals surface area contributed by atoms with Gasteiger partial charge in [-0.2, -0.15) is 0 Å². The molecular formula is C25H28O6. The van der Waals surface area contributed by atoms with Gasteiger partial charge in [0.05, 0.1) is 0 Å². The lowest BCUT2D eigenvalue weighted by molar-refractivity contribution is 0.104. The van der Waals surface area contributed by atoms with Gasteiger partial charge in [-0.3, -0.25) is 4.79 Å². The molecule has 0 aromatic heterocycles. The monoisotopic (exact) mass is 424 g/mol. The predicted molar refractivity (Wildman–Crippen MR) is 121 cm³/mol. The Morgan fingerprint density at radius 1 is 0.871 bits per heavy atom. The van der Waals surface area contributed by atoms with Crippen LogP contribution in [0, 0.1) is 0 Å². The van der Waals surface area contributed by atoms with Gasteiger partial charge in [-0.25, -0.2) is 0 Å². The van der Waals surface area contributed by atoms with Crippen molar-refractivity contribution >= 4 is 11.9 Å². The van der Waals surface area contributed by atoms with Crippen LogP contribution in [0.15, 0.2) is 48.6 Å². The Kier molecular flexibility index (Phi) is 7.53. The summed E-state index contributed by atoms with van der Waals surface area (Å²) in [7, 11) is 0. The number of benzene rings is 2. The van der Waals surface area contributed by atoms with Crippen molar-refractivity contribution in [3.05, 3.63) is 70.8 Å². The van der Waals surface area contributed by atoms with Gasteiger partial charge in [-0.15, -0.1) is 13.2 Å². The summed E-state index contributed by atoms with van der Waals surface area (Å²) in [6.45, 7) is 11.4. The lowest BCUT2D eigenvalue weighted by Gasteiger charge is -2.15. The Hall–Kier alpha value is -3.67. The summed E-state index contributed by atoms with van der Waals surface area (Å²) in [5, 5.41) is 50.3. The van der Waals surface area contributed by atoms with E-state index in [1.54, 1.807) is 6.07 Å². The molecule has 0 saturated carbocycles. The molecule has 0 atom stereocenters. The highest BCUT2D eigenvalue weighted by atomic mass is 16.3. The van der Waals surface area contributed by atoms with E-state index in [9.17, 15) is 30.3 Å². The third-order valence-electron chi connectivity index (χ3n) is 4.86. The normalized spacial score (nSPS) is 11.0. The minimum atomic E-state index is -0.683. The molecule has 0 bridgehead atoms. The molecule has 0 spiro atoms. The number of carbonyl (C=O) groups is 1. The maximum absolute atomic E-state index is 12.6. The van der Waals surface area contributed by atoms with E-state index >= 15 is 0 Å². The van der Waals surface area contributed by atoms with Gasteiger partial charge < -0.3 is 25.5 Å². The predicted octanol–water partition coefficient (Wildman–Crippen LogP) is 5.13. The van der Waals surface area contributed by atoms with E-state index in [1.807, 2.05) is 13.8 Å². The molecule has 0 amide bonds. The Bertz CT molecular complexity index is 1040. The molecule has 164 valence electrons. The minimum absolute atomic E-state index is 0.199. The molecule has 2 aromatic rings. The lowest BCUT2D eigenvalue weighted by atomic mass is 9.93. The Morgan fingerprint density at radius 3 is 1.97 bits per heavy atom. The molecule has 0 heterocycles. The third kappa shape index (κ3) is 5.92. The highest BCUT2D eigenvalue weighted by Crippen LogP contribution is 2.38. The number of carbonyl (C=O) groups excluding carboxylic acids is 1. The van der Waals surface area contributed by atoms with Gasteiger partial charge in [-0.1, -0.05) is 17.2 Å². The van der Waals surface area contributed by atoms with E-state index < -0.39 is 17.3 Å². The van der Waals surface area contributed by atoms with E-state index in [0.29, 0.717) is 42.4 Å². The van der Waals surface area contributed by atoms with Crippen LogP contribution >= 0.6 is 0 Å². The molecule has 31 heavy (non-hydrogen) atoms. The van der Waals surface area contributed by atoms with Crippen molar-refractivity contribution < 1.29 is 30.3 Å². The second-order valence-corrected chi connectivity index (χ2v) is 7.77. The molecule has 0 unspecified atom stereocenters. The molecular weight excluding hydrogens is 396 g/mol. The molecule has 2 rings (SSSR count). The average Bonchev–Trinajstić information content (AvgIpc) is 2.65. The molecule has 5 N–H and O–H groups in total. The SMILES string of the molecule is C=C(C)CCc1cc(C=CC(=O)c2c(O)cc(O)cc2O)c(CCC(=C)C)c(O)c1O. The van der Waals surface area contributed by atoms with Crippen LogP contribution < -0.4 is 0 Å². The molecule has 0 aliphatic carbocycles. The maximum Gasteiger partial charge on any atom is 0.193 e. The second-order valence-electron chi connectivity index (χ2n) is 7.77. The summed E-state index contributed by atoms with van der Waals surface area (Å²) in [5.74, 6) is -2.60. The summed E-state index contributed by atoms with van der Waals surface area (Å²) in [4.78, 5) is 12.6. The van der Waals surface area contributed by atoms with Gasteiger partial charge in [0.1, 0.15) is 22.8 Å². The third-order valence-corrected chi connectivity index (χ3v) is 4.86. The average molecular weight is 424 g/mol. The number of ketones is 1. The van der Waals surface area contributed by atoms with Gasteiger partial charge in [0.2, 0.25) is 0 Å². The Labute approximate surface area is 181 Å². The standard InChI is InChI=1S/C25H28O6/c1-14(2)5-7-17-11-16(19(9-6-15(3)4)25(31)24(17)30)8-10-20(27)23-21(28)12-18(26)13-22(23)29/h8,10-13,26,28-31H,1,3,5-7,9H2,2,4H3. The van der Waals surface area contributed by atoms with Crippen LogP contribution in [-0.2, 0) is 12.8 Å². The van der Waals surface area contributed by atoms with Gasteiger partial charge >= 0.3 is 0 Å². The zero-order chi connectivity index (χ0) is 23.3. The molecule has 0 aliphatic rings. The Balaban J connectivity index is 2.49. The van der Waals surface area contributed by atoms with E-state index in [0.717, 1.165) is 29.4 Å². The molecule has 0 aliphatic heterocycles. The second kappa shape index (κ2) is 9.89. The van der Waals surface area contributed by atoms with Crippen molar-refractivity contribution in [2.45, 2.75) is 39.5 Å². The van der Waals surface area contributed by atoms with Crippen LogP contribution in [0.2, 0.25) is 0 Å². The zero-order valence-corrected chi connectivity index (χ0v) is 17.8. The summed E-state index contributed by atoms with van der Waals surface area (Å²) < 4.78 is 0. The molecule has 6 heteroatoms. The summed E-state index contributed by atoms with van der Waals surface area (Å²) >= 11 is 0. The zero-order valence-electron chi connectivity index (χ0n) is 17.8. The summed E-state index contributed by atoms with van der Waals surface area (Å²) in [6.07, 6.45) is 4.68. The first-order valence-electron chi connectivity index (χ1n) is 9.84. The maximum atomic E-state index is 12.6. The summed E-state index contributed by atoms with van der Waals surface area (Å²) in [6, 6.07) is 3.62. The molecule has 0 fully saturated rings. The van der Waals surface area contributed by atoms with Gasteiger partial charge in [0.25, 0.3) is 0 Å². The summed E-state index contributed by atoms with van der Waals surface area (Å²) in [5.41, 5.74) is 2.98. The van der Waals surface area contributed by atoms with Crippen molar-refractivity contribution in [2.24, 2.45) is 0 Å². The minimum Gasteiger partial charge on any atom is -0.508 e. The number of aryl methyl sites for hydroxylation is 1. The van der Waals surface area contributed by atoms with Crippen LogP contribution in [0.1, 0.15) is 53.7 Å². The van der Waals surface area contributed by atoms with Crippen LogP contribution in [0.25, 0.3) is 6.08 Å². The van der Waals surface area contributed by atoms with Gasteiger partial charge in [-0.05, 0) is 62.8 Å². The van der Waals surface area contributed by atoms with Crippen molar-refractivity contribution in [3.63, 3.8) is 0 Å². The van der Waals surface area contributed by atoms with E-state index in [2.05, 4.69) is 13.2 Å². The highest BCUT2D eigenvalue weighted by molar-refractivity contribution is 6.10. The number of phenolic OH excluding ortho intramolecular Hbond substituents is 5. The number of phenols is 5. The van der Waals surface area contributed by atoms with Crippen LogP contribution in [0.3, 0.4) is 0 Å². The van der Waals surface area contributed by atoms with Gasteiger partial charge in [0.15, 0.2) is 17.3 Å². The van der Waals surface area contributed by atoms with Crippen molar-refractivity contribution in [1.29, 1.82) is 0 Å². The van der Waals surface area contributed by atoms with Crippen molar-refractivity contribution in [1.82, 2.24) is 0 Å². The van der Waals surface area contributed by atoms with Gasteiger partial charge in [0, 0.05) is 17.7 Å². The first kappa shape index (κ1) is 23.6. The first-order chi connectivity index (χ1) is 14.5. The molecule has 2 aromatic carbocycles. The number of rotatable bonds is 9. The first-order valence-corrected chi connectivity index (χ1v) is 9.84. The molecule has 0 radical (unpaired) electrons. The topological polar surface area (TPSA) is 118 Å². The Morgan fingerprint density at radius 2 is 1.42 bits per heavy atom. The number of aromatic hydroxyl groups is 5. The largest absolute Gasteiger partial charge is 0.508 e. The molecule has 0 saturated heterocycles. The fourth-order valence-corrected chi connectivity index (χ4v) is 3.16. The van der Waals surface area contributed by atoms with E-state index in [4.69, 9.17) is 0 Å². The number of allylic oxidation sites excluding steroid dienone is 3.